The van der Waals surface area contributed by atoms with Gasteiger partial charge in [0.2, 0.25) is 0 Å². The third kappa shape index (κ3) is 3.72. The fourth-order valence-corrected chi connectivity index (χ4v) is 2.17. The van der Waals surface area contributed by atoms with Crippen LogP contribution in [-0.4, -0.2) is 62.9 Å². The number of nitrogens with one attached hydrogen (secondary N) is 1. The molecule has 2 saturated heterocycles. The lowest BCUT2D eigenvalue weighted by Gasteiger charge is -2.34. The minimum absolute atomic E-state index is 0.818. The zero-order valence-corrected chi connectivity index (χ0v) is 9.74. The molecule has 0 radical (unpaired) electrons. The van der Waals surface area contributed by atoms with Crippen LogP contribution in [0.4, 0.5) is 0 Å². The number of hydrogen-bond acceptors (Lipinski definition) is 4. The van der Waals surface area contributed by atoms with Crippen molar-refractivity contribution in [1.82, 2.24) is 15.3 Å². The molecule has 2 rings (SSSR count). The van der Waals surface area contributed by atoms with Crippen LogP contribution in [0.25, 0.3) is 0 Å². The van der Waals surface area contributed by atoms with Gasteiger partial charge in [-0.2, -0.15) is 0 Å². The van der Waals surface area contributed by atoms with E-state index in [-0.39, 0.29) is 0 Å². The highest BCUT2D eigenvalue weighted by Gasteiger charge is 2.17. The molecule has 0 amide bonds. The van der Waals surface area contributed by atoms with E-state index in [1.165, 1.54) is 25.9 Å². The predicted molar refractivity (Wildman–Crippen MR) is 60.6 cm³/mol. The minimum atomic E-state index is 0.818. The summed E-state index contributed by atoms with van der Waals surface area (Å²) >= 11 is 0. The summed E-state index contributed by atoms with van der Waals surface area (Å²) in [7, 11) is 2.19. The van der Waals surface area contributed by atoms with Crippen molar-refractivity contribution in [2.24, 2.45) is 5.92 Å². The minimum Gasteiger partial charge on any atom is -0.381 e. The van der Waals surface area contributed by atoms with Gasteiger partial charge >= 0.3 is 0 Å². The Morgan fingerprint density at radius 3 is 2.47 bits per heavy atom. The SMILES string of the molecule is CN1CCN(NCC2CCOCC2)CC1. The topological polar surface area (TPSA) is 27.7 Å². The van der Waals surface area contributed by atoms with Gasteiger partial charge in [-0.05, 0) is 25.8 Å². The molecule has 4 nitrogen and oxygen atoms in total. The smallest absolute Gasteiger partial charge is 0.0469 e. The van der Waals surface area contributed by atoms with Crippen molar-refractivity contribution < 1.29 is 4.74 Å². The standard InChI is InChI=1S/C11H23N3O/c1-13-4-6-14(7-5-13)12-10-11-2-8-15-9-3-11/h11-12H,2-10H2,1H3. The number of likely N-dealkylation sites (N-methyl/N-ethyl adjacent to an activating group) is 1. The average Bonchev–Trinajstić information content (AvgIpc) is 2.30. The first-order chi connectivity index (χ1) is 7.34. The van der Waals surface area contributed by atoms with Crippen LogP contribution in [-0.2, 0) is 4.74 Å². The van der Waals surface area contributed by atoms with E-state index in [9.17, 15) is 0 Å². The molecule has 0 saturated carbocycles. The van der Waals surface area contributed by atoms with E-state index in [4.69, 9.17) is 4.74 Å². The Hall–Kier alpha value is -0.160. The van der Waals surface area contributed by atoms with Crippen molar-refractivity contribution in [3.05, 3.63) is 0 Å². The number of ether oxygens (including phenoxy) is 1. The first-order valence-corrected chi connectivity index (χ1v) is 6.09. The molecule has 0 aromatic rings. The lowest BCUT2D eigenvalue weighted by atomic mass is 10.0. The highest BCUT2D eigenvalue weighted by Crippen LogP contribution is 2.13. The first kappa shape index (κ1) is 11.3. The molecule has 88 valence electrons. The maximum Gasteiger partial charge on any atom is 0.0469 e. The van der Waals surface area contributed by atoms with Gasteiger partial charge in [-0.15, -0.1) is 0 Å². The summed E-state index contributed by atoms with van der Waals surface area (Å²) in [5.74, 6) is 0.818. The summed E-state index contributed by atoms with van der Waals surface area (Å²) in [6.45, 7) is 7.71. The van der Waals surface area contributed by atoms with Gasteiger partial charge in [0.1, 0.15) is 0 Å². The summed E-state index contributed by atoms with van der Waals surface area (Å²) in [4.78, 5) is 2.38. The second-order valence-electron chi connectivity index (χ2n) is 4.71. The fourth-order valence-electron chi connectivity index (χ4n) is 2.17. The summed E-state index contributed by atoms with van der Waals surface area (Å²) in [6.07, 6.45) is 2.45. The van der Waals surface area contributed by atoms with Gasteiger partial charge in [-0.1, -0.05) is 0 Å². The second kappa shape index (κ2) is 5.80. The first-order valence-electron chi connectivity index (χ1n) is 6.09. The lowest BCUT2D eigenvalue weighted by molar-refractivity contribution is 0.0480. The molecule has 0 bridgehead atoms. The Morgan fingerprint density at radius 2 is 1.80 bits per heavy atom. The third-order valence-electron chi connectivity index (χ3n) is 3.45. The maximum absolute atomic E-state index is 5.36. The zero-order chi connectivity index (χ0) is 10.5. The van der Waals surface area contributed by atoms with Gasteiger partial charge in [-0.3, -0.25) is 5.43 Å². The number of hydrogen-bond donors (Lipinski definition) is 1. The molecule has 0 aromatic carbocycles. The van der Waals surface area contributed by atoms with Crippen LogP contribution in [0.2, 0.25) is 0 Å². The third-order valence-corrected chi connectivity index (χ3v) is 3.45. The van der Waals surface area contributed by atoms with E-state index in [1.54, 1.807) is 0 Å². The van der Waals surface area contributed by atoms with E-state index in [0.29, 0.717) is 0 Å². The number of piperazine rings is 1. The molecule has 2 heterocycles. The largest absolute Gasteiger partial charge is 0.381 e. The lowest BCUT2D eigenvalue weighted by Crippen LogP contribution is -2.52. The van der Waals surface area contributed by atoms with Crippen molar-refractivity contribution >= 4 is 0 Å². The Balaban J connectivity index is 1.60. The van der Waals surface area contributed by atoms with Crippen molar-refractivity contribution in [2.75, 3.05) is 53.0 Å². The summed E-state index contributed by atoms with van der Waals surface area (Å²) in [6, 6.07) is 0. The number of rotatable bonds is 3. The van der Waals surface area contributed by atoms with Crippen LogP contribution in [0.15, 0.2) is 0 Å². The van der Waals surface area contributed by atoms with E-state index < -0.39 is 0 Å². The Labute approximate surface area is 92.5 Å². The molecule has 2 fully saturated rings. The van der Waals surface area contributed by atoms with Crippen LogP contribution in [0.1, 0.15) is 12.8 Å². The van der Waals surface area contributed by atoms with Gasteiger partial charge < -0.3 is 9.64 Å². The summed E-state index contributed by atoms with van der Waals surface area (Å²) < 4.78 is 5.36. The van der Waals surface area contributed by atoms with Crippen molar-refractivity contribution in [2.45, 2.75) is 12.8 Å². The van der Waals surface area contributed by atoms with Crippen LogP contribution in [0.5, 0.6) is 0 Å². The van der Waals surface area contributed by atoms with Gasteiger partial charge in [0.15, 0.2) is 0 Å². The second-order valence-corrected chi connectivity index (χ2v) is 4.71. The summed E-state index contributed by atoms with van der Waals surface area (Å²) in [5, 5.41) is 2.37. The van der Waals surface area contributed by atoms with Gasteiger partial charge in [0.05, 0.1) is 0 Å². The summed E-state index contributed by atoms with van der Waals surface area (Å²) in [5.41, 5.74) is 3.56. The van der Waals surface area contributed by atoms with Crippen molar-refractivity contribution in [3.8, 4) is 0 Å². The van der Waals surface area contributed by atoms with Crippen molar-refractivity contribution in [3.63, 3.8) is 0 Å². The van der Waals surface area contributed by atoms with Crippen LogP contribution < -0.4 is 5.43 Å². The normalized spacial score (nSPS) is 27.0. The molecule has 0 unspecified atom stereocenters. The van der Waals surface area contributed by atoms with E-state index in [1.807, 2.05) is 0 Å². The molecular formula is C11H23N3O. The Morgan fingerprint density at radius 1 is 1.13 bits per heavy atom. The average molecular weight is 213 g/mol. The fraction of sp³-hybridized carbons (Fsp3) is 1.00. The molecule has 4 heteroatoms. The van der Waals surface area contributed by atoms with E-state index >= 15 is 0 Å². The van der Waals surface area contributed by atoms with E-state index in [2.05, 4.69) is 22.4 Å². The van der Waals surface area contributed by atoms with Crippen LogP contribution in [0.3, 0.4) is 0 Å². The van der Waals surface area contributed by atoms with Gasteiger partial charge in [0.25, 0.3) is 0 Å². The molecule has 1 N–H and O–H groups in total. The van der Waals surface area contributed by atoms with Crippen molar-refractivity contribution in [1.29, 1.82) is 0 Å². The number of hydrazine groups is 1. The molecule has 2 aliphatic heterocycles. The van der Waals surface area contributed by atoms with E-state index in [0.717, 1.165) is 38.8 Å². The monoisotopic (exact) mass is 213 g/mol. The zero-order valence-electron chi connectivity index (χ0n) is 9.74. The van der Waals surface area contributed by atoms with Crippen LogP contribution in [0, 0.1) is 5.92 Å². The molecule has 15 heavy (non-hydrogen) atoms. The number of nitrogens with zero attached hydrogens (tertiary/aromatic N) is 2. The van der Waals surface area contributed by atoms with Gasteiger partial charge in [0, 0.05) is 45.9 Å². The highest BCUT2D eigenvalue weighted by atomic mass is 16.5. The molecule has 0 atom stereocenters. The van der Waals surface area contributed by atoms with Crippen LogP contribution >= 0.6 is 0 Å². The maximum atomic E-state index is 5.36. The Bertz CT molecular complexity index is 175. The molecule has 0 aromatic heterocycles. The predicted octanol–water partition coefficient (Wildman–Crippen LogP) is 0.165. The Kier molecular flexibility index (Phi) is 4.38. The van der Waals surface area contributed by atoms with Gasteiger partial charge in [-0.25, -0.2) is 5.01 Å². The molecular weight excluding hydrogens is 190 g/mol. The molecule has 0 aliphatic carbocycles. The highest BCUT2D eigenvalue weighted by molar-refractivity contribution is 4.69. The molecule has 0 spiro atoms. The quantitative estimate of drug-likeness (QED) is 0.723. The molecule has 2 aliphatic rings.